The van der Waals surface area contributed by atoms with Crippen LogP contribution in [0.1, 0.15) is 61.5 Å². The van der Waals surface area contributed by atoms with E-state index in [-0.39, 0.29) is 5.82 Å². The summed E-state index contributed by atoms with van der Waals surface area (Å²) in [7, 11) is 1.94. The number of nitrogens with one attached hydrogen (secondary N) is 1. The van der Waals surface area contributed by atoms with E-state index in [1.54, 1.807) is 6.07 Å². The topological polar surface area (TPSA) is 33.6 Å². The van der Waals surface area contributed by atoms with Gasteiger partial charge in [-0.1, -0.05) is 20.3 Å². The van der Waals surface area contributed by atoms with Crippen LogP contribution >= 0.6 is 0 Å². The predicted octanol–water partition coefficient (Wildman–Crippen LogP) is 5.93. The summed E-state index contributed by atoms with van der Waals surface area (Å²) in [6.07, 6.45) is 3.62. The van der Waals surface area contributed by atoms with Crippen molar-refractivity contribution < 1.29 is 4.39 Å². The van der Waals surface area contributed by atoms with Crippen molar-refractivity contribution in [3.63, 3.8) is 0 Å². The Morgan fingerprint density at radius 1 is 1.16 bits per heavy atom. The second-order valence-electron chi connectivity index (χ2n) is 6.85. The number of H-pyrrole nitrogens is 1. The standard InChI is InChI=1S/C19H22FN3.C2H6/c1-10-15-8-14(13-6-5-7-13)9-16(20)19(15)21-18(10)17-11(2)22-23(4)12(17)3;1-2/h8-9,13,21H,5-7H2,1-4H3;1-2H3. The molecule has 2 aromatic heterocycles. The first-order valence-electron chi connectivity index (χ1n) is 9.29. The fourth-order valence-electron chi connectivity index (χ4n) is 3.77. The highest BCUT2D eigenvalue weighted by Crippen LogP contribution is 2.40. The molecule has 1 N–H and O–H groups in total. The Morgan fingerprint density at radius 3 is 2.36 bits per heavy atom. The number of fused-ring (bicyclic) bond motifs is 1. The summed E-state index contributed by atoms with van der Waals surface area (Å²) in [5, 5.41) is 5.50. The number of hydrogen-bond acceptors (Lipinski definition) is 1. The van der Waals surface area contributed by atoms with Crippen molar-refractivity contribution in [2.24, 2.45) is 7.05 Å². The molecule has 0 atom stereocenters. The highest BCUT2D eigenvalue weighted by molar-refractivity contribution is 5.92. The van der Waals surface area contributed by atoms with Gasteiger partial charge in [-0.05, 0) is 62.8 Å². The van der Waals surface area contributed by atoms with E-state index in [4.69, 9.17) is 0 Å². The molecule has 0 saturated heterocycles. The van der Waals surface area contributed by atoms with E-state index in [1.807, 2.05) is 32.5 Å². The van der Waals surface area contributed by atoms with Gasteiger partial charge in [0.2, 0.25) is 0 Å². The number of hydrogen-bond donors (Lipinski definition) is 1. The first-order chi connectivity index (χ1) is 12.0. The zero-order valence-corrected chi connectivity index (χ0v) is 16.1. The van der Waals surface area contributed by atoms with Crippen LogP contribution in [0.5, 0.6) is 0 Å². The van der Waals surface area contributed by atoms with Crippen LogP contribution in [0.2, 0.25) is 0 Å². The molecule has 1 aliphatic carbocycles. The first-order valence-corrected chi connectivity index (χ1v) is 9.29. The summed E-state index contributed by atoms with van der Waals surface area (Å²) in [4.78, 5) is 3.32. The van der Waals surface area contributed by atoms with Gasteiger partial charge in [0.25, 0.3) is 0 Å². The number of aromatic nitrogens is 3. The Balaban J connectivity index is 0.000000880. The lowest BCUT2D eigenvalue weighted by Gasteiger charge is -2.25. The maximum Gasteiger partial charge on any atom is 0.147 e. The maximum absolute atomic E-state index is 14.6. The van der Waals surface area contributed by atoms with Crippen molar-refractivity contribution in [3.05, 3.63) is 40.5 Å². The molecular formula is C21H28FN3. The van der Waals surface area contributed by atoms with Gasteiger partial charge in [-0.15, -0.1) is 0 Å². The van der Waals surface area contributed by atoms with E-state index in [2.05, 4.69) is 30.0 Å². The van der Waals surface area contributed by atoms with Crippen molar-refractivity contribution in [3.8, 4) is 11.3 Å². The largest absolute Gasteiger partial charge is 0.352 e. The van der Waals surface area contributed by atoms with Gasteiger partial charge in [0.05, 0.1) is 16.9 Å². The summed E-state index contributed by atoms with van der Waals surface area (Å²) in [6, 6.07) is 3.90. The van der Waals surface area contributed by atoms with Crippen molar-refractivity contribution >= 4 is 10.9 Å². The SMILES string of the molecule is CC.Cc1nn(C)c(C)c1-c1[nH]c2c(F)cc(C3CCC3)cc2c1C. The Bertz CT molecular complexity index is 913. The minimum atomic E-state index is -0.141. The molecule has 0 aliphatic heterocycles. The van der Waals surface area contributed by atoms with Gasteiger partial charge >= 0.3 is 0 Å². The van der Waals surface area contributed by atoms with Crippen molar-refractivity contribution in [2.75, 3.05) is 0 Å². The highest BCUT2D eigenvalue weighted by Gasteiger charge is 2.23. The lowest BCUT2D eigenvalue weighted by atomic mass is 9.79. The Kier molecular flexibility index (Phi) is 4.72. The van der Waals surface area contributed by atoms with E-state index < -0.39 is 0 Å². The van der Waals surface area contributed by atoms with Crippen LogP contribution in [-0.2, 0) is 7.05 Å². The second kappa shape index (κ2) is 6.66. The molecule has 0 spiro atoms. The molecule has 4 rings (SSSR count). The smallest absolute Gasteiger partial charge is 0.147 e. The molecule has 1 fully saturated rings. The minimum Gasteiger partial charge on any atom is -0.352 e. The van der Waals surface area contributed by atoms with Crippen LogP contribution in [0.4, 0.5) is 4.39 Å². The van der Waals surface area contributed by atoms with E-state index in [1.165, 1.54) is 19.3 Å². The van der Waals surface area contributed by atoms with E-state index >= 15 is 0 Å². The Hall–Kier alpha value is -2.10. The van der Waals surface area contributed by atoms with E-state index in [0.717, 1.165) is 39.2 Å². The minimum absolute atomic E-state index is 0.141. The van der Waals surface area contributed by atoms with Gasteiger partial charge < -0.3 is 4.98 Å². The Morgan fingerprint density at radius 2 is 1.84 bits per heavy atom. The van der Waals surface area contributed by atoms with Gasteiger partial charge in [-0.3, -0.25) is 4.68 Å². The quantitative estimate of drug-likeness (QED) is 0.616. The zero-order chi connectivity index (χ0) is 18.3. The number of rotatable bonds is 2. The molecular weight excluding hydrogens is 313 g/mol. The number of nitrogens with zero attached hydrogens (tertiary/aromatic N) is 2. The van der Waals surface area contributed by atoms with Gasteiger partial charge in [-0.2, -0.15) is 5.10 Å². The maximum atomic E-state index is 14.6. The molecule has 0 unspecified atom stereocenters. The number of aromatic amines is 1. The van der Waals surface area contributed by atoms with Gasteiger partial charge in [0.15, 0.2) is 0 Å². The number of aryl methyl sites for hydroxylation is 3. The van der Waals surface area contributed by atoms with Crippen LogP contribution in [0.15, 0.2) is 12.1 Å². The Labute approximate surface area is 149 Å². The normalized spacial score (nSPS) is 14.4. The lowest BCUT2D eigenvalue weighted by Crippen LogP contribution is -2.08. The average Bonchev–Trinajstić information content (AvgIpc) is 2.98. The third kappa shape index (κ3) is 2.78. The fraction of sp³-hybridized carbons (Fsp3) is 0.476. The van der Waals surface area contributed by atoms with Crippen LogP contribution in [0, 0.1) is 26.6 Å². The van der Waals surface area contributed by atoms with Crippen LogP contribution in [0.3, 0.4) is 0 Å². The molecule has 0 amide bonds. The van der Waals surface area contributed by atoms with Gasteiger partial charge in [0, 0.05) is 23.7 Å². The summed E-state index contributed by atoms with van der Waals surface area (Å²) < 4.78 is 16.5. The van der Waals surface area contributed by atoms with E-state index in [0.29, 0.717) is 11.4 Å². The third-order valence-corrected chi connectivity index (χ3v) is 5.48. The molecule has 1 aromatic carbocycles. The molecule has 0 bridgehead atoms. The third-order valence-electron chi connectivity index (χ3n) is 5.48. The monoisotopic (exact) mass is 341 g/mol. The summed E-state index contributed by atoms with van der Waals surface area (Å²) in [5.41, 5.74) is 7.02. The summed E-state index contributed by atoms with van der Waals surface area (Å²) >= 11 is 0. The fourth-order valence-corrected chi connectivity index (χ4v) is 3.77. The molecule has 0 radical (unpaired) electrons. The van der Waals surface area contributed by atoms with E-state index in [9.17, 15) is 4.39 Å². The van der Waals surface area contributed by atoms with Gasteiger partial charge in [-0.25, -0.2) is 4.39 Å². The second-order valence-corrected chi connectivity index (χ2v) is 6.85. The molecule has 3 nitrogen and oxygen atoms in total. The molecule has 1 aliphatic rings. The summed E-state index contributed by atoms with van der Waals surface area (Å²) in [5.74, 6) is 0.395. The number of halogens is 1. The van der Waals surface area contributed by atoms with Crippen LogP contribution in [0.25, 0.3) is 22.2 Å². The van der Waals surface area contributed by atoms with Gasteiger partial charge in [0.1, 0.15) is 5.82 Å². The molecule has 25 heavy (non-hydrogen) atoms. The molecule has 134 valence electrons. The molecule has 4 heteroatoms. The highest BCUT2D eigenvalue weighted by atomic mass is 19.1. The zero-order valence-electron chi connectivity index (χ0n) is 16.1. The molecule has 3 aromatic rings. The average molecular weight is 341 g/mol. The van der Waals surface area contributed by atoms with Crippen molar-refractivity contribution in [2.45, 2.75) is 59.8 Å². The van der Waals surface area contributed by atoms with Crippen LogP contribution < -0.4 is 0 Å². The predicted molar refractivity (Wildman–Crippen MR) is 103 cm³/mol. The summed E-state index contributed by atoms with van der Waals surface area (Å²) in [6.45, 7) is 10.1. The van der Waals surface area contributed by atoms with Crippen molar-refractivity contribution in [1.82, 2.24) is 14.8 Å². The molecule has 1 saturated carbocycles. The van der Waals surface area contributed by atoms with Crippen LogP contribution in [-0.4, -0.2) is 14.8 Å². The first kappa shape index (κ1) is 17.7. The number of benzene rings is 1. The lowest BCUT2D eigenvalue weighted by molar-refractivity contribution is 0.418. The van der Waals surface area contributed by atoms with Crippen molar-refractivity contribution in [1.29, 1.82) is 0 Å². The molecule has 2 heterocycles.